The van der Waals surface area contributed by atoms with E-state index < -0.39 is 124 Å². The zero-order valence-electron chi connectivity index (χ0n) is 49.4. The molecule has 0 aromatic heterocycles. The molecule has 3 rings (SSSR count). The lowest BCUT2D eigenvalue weighted by Gasteiger charge is -2.48. The molecule has 19 heteroatoms. The molecule has 0 radical (unpaired) electrons. The highest BCUT2D eigenvalue weighted by Crippen LogP contribution is 2.33. The van der Waals surface area contributed by atoms with Crippen LogP contribution in [-0.2, 0) is 33.2 Å². The molecule has 17 atom stereocenters. The second kappa shape index (κ2) is 45.5. The molecule has 82 heavy (non-hydrogen) atoms. The predicted molar refractivity (Wildman–Crippen MR) is 314 cm³/mol. The standard InChI is InChI=1S/C63H109NO18/c1-3-5-7-9-11-13-15-17-19-21-23-25-27-29-31-33-35-37-39-41-51(69)64-46(47(68)40-38-36-34-32-30-28-26-24-22-20-18-16-14-12-10-8-6-4-2)45-77-61-57(75)54(72)59(49(43-66)79-61)82-63-58(76)55(73)60(50(44-67)80-63)81-62-56(74)53(71)52(70)48(42-65)78-62/h5,7,11,13,17,19,23,25,29,31,35,37,46-50,52-63,65-68,70-76H,3-4,6,8-10,12,14-16,18,20-22,24,26-28,30,32-34,36,38-45H2,1-2H3,(H,64,69)/b7-5-,13-11-,19-17-,25-23-,31-29-,37-35-. The molecule has 12 N–H and O–H groups in total. The number of carbonyl (C=O) groups excluding carboxylic acids is 1. The van der Waals surface area contributed by atoms with Crippen molar-refractivity contribution >= 4 is 5.91 Å². The third kappa shape index (κ3) is 28.6. The summed E-state index contributed by atoms with van der Waals surface area (Å²) in [5, 5.41) is 120. The normalized spacial score (nSPS) is 30.1. The summed E-state index contributed by atoms with van der Waals surface area (Å²) in [5.41, 5.74) is 0. The van der Waals surface area contributed by atoms with Gasteiger partial charge in [-0.2, -0.15) is 0 Å². The van der Waals surface area contributed by atoms with Crippen molar-refractivity contribution in [1.82, 2.24) is 5.32 Å². The van der Waals surface area contributed by atoms with Crippen molar-refractivity contribution in [2.45, 2.75) is 291 Å². The van der Waals surface area contributed by atoms with Gasteiger partial charge in [0.25, 0.3) is 0 Å². The minimum atomic E-state index is -1.98. The van der Waals surface area contributed by atoms with Crippen LogP contribution in [0.15, 0.2) is 72.9 Å². The Bertz CT molecular complexity index is 1780. The van der Waals surface area contributed by atoms with Crippen LogP contribution in [0.4, 0.5) is 0 Å². The summed E-state index contributed by atoms with van der Waals surface area (Å²) < 4.78 is 34.3. The number of carbonyl (C=O) groups is 1. The molecular weight excluding hydrogens is 1060 g/mol. The van der Waals surface area contributed by atoms with E-state index in [1.807, 2.05) is 12.2 Å². The van der Waals surface area contributed by atoms with Gasteiger partial charge >= 0.3 is 0 Å². The van der Waals surface area contributed by atoms with Gasteiger partial charge in [0.1, 0.15) is 73.2 Å². The maximum absolute atomic E-state index is 13.3. The first-order valence-corrected chi connectivity index (χ1v) is 31.2. The summed E-state index contributed by atoms with van der Waals surface area (Å²) in [6.07, 6.45) is 27.1. The van der Waals surface area contributed by atoms with Gasteiger partial charge in [-0.25, -0.2) is 0 Å². The van der Waals surface area contributed by atoms with Crippen molar-refractivity contribution in [1.29, 1.82) is 0 Å². The summed E-state index contributed by atoms with van der Waals surface area (Å²) in [6.45, 7) is 1.61. The molecule has 0 aliphatic carbocycles. The molecule has 1 amide bonds. The molecule has 0 bridgehead atoms. The quantitative estimate of drug-likeness (QED) is 0.0238. The average Bonchev–Trinajstić information content (AvgIpc) is 3.39. The van der Waals surface area contributed by atoms with Gasteiger partial charge in [0.15, 0.2) is 18.9 Å². The van der Waals surface area contributed by atoms with Crippen LogP contribution in [0.25, 0.3) is 0 Å². The van der Waals surface area contributed by atoms with Gasteiger partial charge in [-0.15, -0.1) is 0 Å². The number of aliphatic hydroxyl groups is 11. The number of hydrogen-bond donors (Lipinski definition) is 12. The molecule has 3 fully saturated rings. The molecule has 474 valence electrons. The minimum Gasteiger partial charge on any atom is -0.394 e. The highest BCUT2D eigenvalue weighted by molar-refractivity contribution is 5.76. The van der Waals surface area contributed by atoms with E-state index in [0.717, 1.165) is 51.4 Å². The van der Waals surface area contributed by atoms with Crippen molar-refractivity contribution in [2.24, 2.45) is 0 Å². The first-order chi connectivity index (χ1) is 39.8. The summed E-state index contributed by atoms with van der Waals surface area (Å²) >= 11 is 0. The number of hydrogen-bond acceptors (Lipinski definition) is 18. The Hall–Kier alpha value is -2.77. The molecule has 0 spiro atoms. The zero-order valence-corrected chi connectivity index (χ0v) is 49.4. The van der Waals surface area contributed by atoms with Gasteiger partial charge in [0.2, 0.25) is 5.91 Å². The first kappa shape index (κ1) is 73.5. The number of unbranched alkanes of at least 4 members (excludes halogenated alkanes) is 17. The van der Waals surface area contributed by atoms with Crippen LogP contribution in [0.5, 0.6) is 0 Å². The Morgan fingerprint density at radius 2 is 0.817 bits per heavy atom. The van der Waals surface area contributed by atoms with Crippen LogP contribution >= 0.6 is 0 Å². The van der Waals surface area contributed by atoms with E-state index in [9.17, 15) is 61.0 Å². The molecule has 0 aromatic rings. The molecule has 0 saturated carbocycles. The van der Waals surface area contributed by atoms with Crippen LogP contribution in [0.1, 0.15) is 187 Å². The van der Waals surface area contributed by atoms with Crippen LogP contribution in [0.3, 0.4) is 0 Å². The Kier molecular flexibility index (Phi) is 40.8. The van der Waals surface area contributed by atoms with Gasteiger partial charge in [-0.1, -0.05) is 202 Å². The van der Waals surface area contributed by atoms with E-state index >= 15 is 0 Å². The molecule has 0 aromatic carbocycles. The summed E-state index contributed by atoms with van der Waals surface area (Å²) in [5.74, 6) is -0.327. The fraction of sp³-hybridized carbons (Fsp3) is 0.794. The SMILES string of the molecule is CC/C=C\C/C=C\C/C=C\C/C=C\C/C=C\C/C=C\CCC(=O)NC(COC1OC(CO)C(OC2OC(CO)C(OC3OC(CO)C(O)C(O)C3O)C(O)C2O)C(O)C1O)C(O)CCCCCCCCCCCCCCCCCCCC. The van der Waals surface area contributed by atoms with Crippen LogP contribution in [0.2, 0.25) is 0 Å². The fourth-order valence-corrected chi connectivity index (χ4v) is 10.2. The maximum Gasteiger partial charge on any atom is 0.220 e. The maximum atomic E-state index is 13.3. The smallest absolute Gasteiger partial charge is 0.220 e. The third-order valence-electron chi connectivity index (χ3n) is 15.3. The van der Waals surface area contributed by atoms with Crippen molar-refractivity contribution in [3.05, 3.63) is 72.9 Å². The van der Waals surface area contributed by atoms with E-state index in [2.05, 4.69) is 79.9 Å². The third-order valence-corrected chi connectivity index (χ3v) is 15.3. The average molecular weight is 1170 g/mol. The van der Waals surface area contributed by atoms with Crippen molar-refractivity contribution in [3.8, 4) is 0 Å². The molecule has 3 aliphatic rings. The zero-order chi connectivity index (χ0) is 59.7. The lowest BCUT2D eigenvalue weighted by molar-refractivity contribution is -0.379. The van der Waals surface area contributed by atoms with Crippen LogP contribution < -0.4 is 5.32 Å². The van der Waals surface area contributed by atoms with Gasteiger partial charge < -0.3 is 89.9 Å². The van der Waals surface area contributed by atoms with E-state index in [1.54, 1.807) is 0 Å². The van der Waals surface area contributed by atoms with Crippen molar-refractivity contribution < 1.29 is 89.4 Å². The highest BCUT2D eigenvalue weighted by Gasteiger charge is 2.53. The van der Waals surface area contributed by atoms with E-state index in [0.29, 0.717) is 25.7 Å². The molecular formula is C63H109NO18. The molecule has 19 nitrogen and oxygen atoms in total. The number of amides is 1. The van der Waals surface area contributed by atoms with Crippen LogP contribution in [0, 0.1) is 0 Å². The minimum absolute atomic E-state index is 0.138. The highest BCUT2D eigenvalue weighted by atomic mass is 16.8. The molecule has 3 heterocycles. The van der Waals surface area contributed by atoms with Gasteiger partial charge in [0, 0.05) is 6.42 Å². The predicted octanol–water partition coefficient (Wildman–Crippen LogP) is 6.21. The summed E-state index contributed by atoms with van der Waals surface area (Å²) in [4.78, 5) is 13.3. The number of aliphatic hydroxyl groups excluding tert-OH is 11. The second-order valence-corrected chi connectivity index (χ2v) is 22.1. The van der Waals surface area contributed by atoms with Crippen molar-refractivity contribution in [3.63, 3.8) is 0 Å². The number of rotatable bonds is 45. The molecule has 3 saturated heterocycles. The lowest BCUT2D eigenvalue weighted by Crippen LogP contribution is -2.66. The summed E-state index contributed by atoms with van der Waals surface area (Å²) in [7, 11) is 0. The molecule has 17 unspecified atom stereocenters. The van der Waals surface area contributed by atoms with E-state index in [1.165, 1.54) is 89.9 Å². The number of allylic oxidation sites excluding steroid dienone is 12. The largest absolute Gasteiger partial charge is 0.394 e. The van der Waals surface area contributed by atoms with E-state index in [4.69, 9.17) is 28.4 Å². The monoisotopic (exact) mass is 1170 g/mol. The lowest BCUT2D eigenvalue weighted by atomic mass is 9.96. The second-order valence-electron chi connectivity index (χ2n) is 22.1. The number of ether oxygens (including phenoxy) is 6. The topological polar surface area (TPSA) is 307 Å². The van der Waals surface area contributed by atoms with Crippen LogP contribution in [-0.4, -0.2) is 193 Å². The van der Waals surface area contributed by atoms with E-state index in [-0.39, 0.29) is 18.9 Å². The van der Waals surface area contributed by atoms with Crippen molar-refractivity contribution in [2.75, 3.05) is 26.4 Å². The molecule has 3 aliphatic heterocycles. The Morgan fingerprint density at radius 3 is 1.24 bits per heavy atom. The first-order valence-electron chi connectivity index (χ1n) is 31.2. The summed E-state index contributed by atoms with van der Waals surface area (Å²) in [6, 6.07) is -0.932. The van der Waals surface area contributed by atoms with Gasteiger partial charge in [-0.3, -0.25) is 4.79 Å². The van der Waals surface area contributed by atoms with Gasteiger partial charge in [0.05, 0.1) is 38.6 Å². The van der Waals surface area contributed by atoms with Gasteiger partial charge in [-0.05, 0) is 51.4 Å². The Balaban J connectivity index is 1.51. The number of nitrogens with one attached hydrogen (secondary N) is 1. The Morgan fingerprint density at radius 1 is 0.451 bits per heavy atom. The Labute approximate surface area is 489 Å². The fourth-order valence-electron chi connectivity index (χ4n) is 10.2.